The summed E-state index contributed by atoms with van der Waals surface area (Å²) in [6.45, 7) is 0. The molecule has 1 atom stereocenters. The zero-order chi connectivity index (χ0) is 13.2. The molecule has 0 saturated carbocycles. The van der Waals surface area contributed by atoms with Crippen LogP contribution >= 0.6 is 0 Å². The predicted octanol–water partition coefficient (Wildman–Crippen LogP) is 3.45. The Balaban J connectivity index is 2.45. The normalized spacial score (nSPS) is 13.8. The molecule has 0 saturated heterocycles. The Labute approximate surface area is 103 Å². The van der Waals surface area contributed by atoms with Crippen molar-refractivity contribution in [2.45, 2.75) is 18.6 Å². The first-order valence-electron chi connectivity index (χ1n) is 5.58. The summed E-state index contributed by atoms with van der Waals surface area (Å²) in [4.78, 5) is 4.00. The fraction of sp³-hybridized carbons (Fsp3) is 0.308. The van der Waals surface area contributed by atoms with E-state index in [4.69, 9.17) is 0 Å². The molecule has 0 spiro atoms. The molecule has 2 aromatic rings. The molecule has 0 aliphatic heterocycles. The van der Waals surface area contributed by atoms with Crippen molar-refractivity contribution in [3.05, 3.63) is 42.2 Å². The van der Waals surface area contributed by atoms with Crippen molar-refractivity contribution in [1.82, 2.24) is 10.3 Å². The first-order chi connectivity index (χ1) is 8.51. The van der Waals surface area contributed by atoms with Gasteiger partial charge in [-0.1, -0.05) is 24.3 Å². The topological polar surface area (TPSA) is 24.9 Å². The maximum Gasteiger partial charge on any atom is 0.390 e. The summed E-state index contributed by atoms with van der Waals surface area (Å²) in [6.07, 6.45) is -1.96. The second kappa shape index (κ2) is 4.94. The third-order valence-corrected chi connectivity index (χ3v) is 2.86. The number of hydrogen-bond donors (Lipinski definition) is 1. The monoisotopic (exact) mass is 254 g/mol. The number of nitrogens with one attached hydrogen (secondary N) is 1. The van der Waals surface area contributed by atoms with E-state index < -0.39 is 18.6 Å². The van der Waals surface area contributed by atoms with E-state index in [-0.39, 0.29) is 0 Å². The van der Waals surface area contributed by atoms with Gasteiger partial charge in [-0.25, -0.2) is 0 Å². The highest BCUT2D eigenvalue weighted by Gasteiger charge is 2.32. The molecule has 1 unspecified atom stereocenters. The Hall–Kier alpha value is -1.62. The molecule has 0 fully saturated rings. The summed E-state index contributed by atoms with van der Waals surface area (Å²) in [6, 6.07) is 6.53. The van der Waals surface area contributed by atoms with Gasteiger partial charge in [-0.3, -0.25) is 4.98 Å². The molecule has 2 rings (SSSR count). The third kappa shape index (κ3) is 2.79. The molecule has 0 bridgehead atoms. The maximum absolute atomic E-state index is 12.5. The molecule has 0 aliphatic carbocycles. The fourth-order valence-electron chi connectivity index (χ4n) is 2.02. The van der Waals surface area contributed by atoms with Crippen molar-refractivity contribution < 1.29 is 13.2 Å². The van der Waals surface area contributed by atoms with E-state index >= 15 is 0 Å². The van der Waals surface area contributed by atoms with Gasteiger partial charge in [-0.2, -0.15) is 13.2 Å². The lowest BCUT2D eigenvalue weighted by Gasteiger charge is -2.19. The average Bonchev–Trinajstić information content (AvgIpc) is 2.34. The van der Waals surface area contributed by atoms with Gasteiger partial charge in [0.25, 0.3) is 0 Å². The van der Waals surface area contributed by atoms with Crippen LogP contribution in [0.3, 0.4) is 0 Å². The van der Waals surface area contributed by atoms with Gasteiger partial charge in [0.05, 0.1) is 6.42 Å². The van der Waals surface area contributed by atoms with Crippen LogP contribution in [-0.2, 0) is 0 Å². The predicted molar refractivity (Wildman–Crippen MR) is 64.2 cm³/mol. The van der Waals surface area contributed by atoms with Crippen LogP contribution in [0.4, 0.5) is 13.2 Å². The summed E-state index contributed by atoms with van der Waals surface area (Å²) < 4.78 is 37.6. The second-order valence-corrected chi connectivity index (χ2v) is 4.11. The fourth-order valence-corrected chi connectivity index (χ4v) is 2.02. The minimum absolute atomic E-state index is 0.577. The largest absolute Gasteiger partial charge is 0.390 e. The molecular weight excluding hydrogens is 241 g/mol. The van der Waals surface area contributed by atoms with E-state index in [0.717, 1.165) is 10.8 Å². The van der Waals surface area contributed by atoms with Crippen LogP contribution in [0.15, 0.2) is 36.7 Å². The lowest BCUT2D eigenvalue weighted by Crippen LogP contribution is -2.24. The van der Waals surface area contributed by atoms with E-state index in [2.05, 4.69) is 10.3 Å². The van der Waals surface area contributed by atoms with E-state index in [0.29, 0.717) is 5.56 Å². The van der Waals surface area contributed by atoms with Crippen molar-refractivity contribution in [1.29, 1.82) is 0 Å². The zero-order valence-corrected chi connectivity index (χ0v) is 9.83. The molecule has 1 heterocycles. The summed E-state index contributed by atoms with van der Waals surface area (Å²) in [5.41, 5.74) is 0.577. The quantitative estimate of drug-likeness (QED) is 0.907. The minimum atomic E-state index is -4.20. The number of rotatable bonds is 3. The number of halogens is 3. The zero-order valence-electron chi connectivity index (χ0n) is 9.83. The average molecular weight is 254 g/mol. The Kier molecular flexibility index (Phi) is 3.52. The summed E-state index contributed by atoms with van der Waals surface area (Å²) >= 11 is 0. The van der Waals surface area contributed by atoms with Crippen LogP contribution in [0.1, 0.15) is 18.0 Å². The van der Waals surface area contributed by atoms with E-state index in [1.165, 1.54) is 13.2 Å². The van der Waals surface area contributed by atoms with Gasteiger partial charge in [0, 0.05) is 23.8 Å². The highest BCUT2D eigenvalue weighted by Crippen LogP contribution is 2.32. The lowest BCUT2D eigenvalue weighted by molar-refractivity contribution is -0.140. The molecular formula is C13H13F3N2. The van der Waals surface area contributed by atoms with E-state index in [9.17, 15) is 13.2 Å². The first kappa shape index (κ1) is 12.8. The van der Waals surface area contributed by atoms with Crippen LogP contribution in [0.5, 0.6) is 0 Å². The van der Waals surface area contributed by atoms with Crippen molar-refractivity contribution in [2.75, 3.05) is 7.05 Å². The minimum Gasteiger partial charge on any atom is -0.313 e. The standard InChI is InChI=1S/C13H13F3N2/c1-17-12(6-13(14,15)16)11-8-18-7-9-4-2-3-5-10(9)11/h2-5,7-8,12,17H,6H2,1H3. The molecule has 18 heavy (non-hydrogen) atoms. The summed E-state index contributed by atoms with van der Waals surface area (Å²) in [7, 11) is 1.53. The van der Waals surface area contributed by atoms with Crippen LogP contribution in [-0.4, -0.2) is 18.2 Å². The van der Waals surface area contributed by atoms with Gasteiger partial charge >= 0.3 is 6.18 Å². The van der Waals surface area contributed by atoms with Gasteiger partial charge in [-0.05, 0) is 18.0 Å². The number of pyridine rings is 1. The summed E-state index contributed by atoms with van der Waals surface area (Å²) in [5, 5.41) is 4.35. The summed E-state index contributed by atoms with van der Waals surface area (Å²) in [5.74, 6) is 0. The van der Waals surface area contributed by atoms with Gasteiger partial charge < -0.3 is 5.32 Å². The van der Waals surface area contributed by atoms with E-state index in [1.807, 2.05) is 24.3 Å². The molecule has 0 radical (unpaired) electrons. The van der Waals surface area contributed by atoms with E-state index in [1.54, 1.807) is 6.20 Å². The van der Waals surface area contributed by atoms with Crippen molar-refractivity contribution >= 4 is 10.8 Å². The Morgan fingerprint density at radius 2 is 1.94 bits per heavy atom. The second-order valence-electron chi connectivity index (χ2n) is 4.11. The number of aromatic nitrogens is 1. The van der Waals surface area contributed by atoms with Crippen LogP contribution in [0.25, 0.3) is 10.8 Å². The Morgan fingerprint density at radius 1 is 1.22 bits per heavy atom. The van der Waals surface area contributed by atoms with Crippen molar-refractivity contribution in [3.8, 4) is 0 Å². The number of hydrogen-bond acceptors (Lipinski definition) is 2. The lowest BCUT2D eigenvalue weighted by atomic mass is 9.99. The number of nitrogens with zero attached hydrogens (tertiary/aromatic N) is 1. The molecule has 96 valence electrons. The Morgan fingerprint density at radius 3 is 2.61 bits per heavy atom. The number of alkyl halides is 3. The molecule has 0 amide bonds. The SMILES string of the molecule is CNC(CC(F)(F)F)c1cncc2ccccc12. The molecule has 1 aromatic carbocycles. The van der Waals surface area contributed by atoms with Crippen molar-refractivity contribution in [3.63, 3.8) is 0 Å². The number of fused-ring (bicyclic) bond motifs is 1. The molecule has 0 aliphatic rings. The van der Waals surface area contributed by atoms with Gasteiger partial charge in [0.15, 0.2) is 0 Å². The highest BCUT2D eigenvalue weighted by molar-refractivity contribution is 5.85. The third-order valence-electron chi connectivity index (χ3n) is 2.86. The van der Waals surface area contributed by atoms with Gasteiger partial charge in [0.2, 0.25) is 0 Å². The Bertz CT molecular complexity index is 532. The first-order valence-corrected chi connectivity index (χ1v) is 5.58. The molecule has 1 aromatic heterocycles. The van der Waals surface area contributed by atoms with Crippen LogP contribution in [0, 0.1) is 0 Å². The molecule has 5 heteroatoms. The van der Waals surface area contributed by atoms with Crippen LogP contribution in [0.2, 0.25) is 0 Å². The molecule has 1 N–H and O–H groups in total. The van der Waals surface area contributed by atoms with Crippen LogP contribution < -0.4 is 5.32 Å². The van der Waals surface area contributed by atoms with Gasteiger partial charge in [0.1, 0.15) is 0 Å². The van der Waals surface area contributed by atoms with Crippen molar-refractivity contribution in [2.24, 2.45) is 0 Å². The van der Waals surface area contributed by atoms with Gasteiger partial charge in [-0.15, -0.1) is 0 Å². The highest BCUT2D eigenvalue weighted by atomic mass is 19.4. The molecule has 2 nitrogen and oxygen atoms in total. The smallest absolute Gasteiger partial charge is 0.313 e. The maximum atomic E-state index is 12.5. The number of benzene rings is 1.